The first-order valence-corrected chi connectivity index (χ1v) is 12.4. The number of hydrogen-bond acceptors (Lipinski definition) is 4. The summed E-state index contributed by atoms with van der Waals surface area (Å²) in [5.41, 5.74) is 2.15. The fraction of sp³-hybridized carbons (Fsp3) is 0.226. The lowest BCUT2D eigenvalue weighted by Crippen LogP contribution is -2.49. The second-order valence-corrected chi connectivity index (χ2v) is 10.2. The molecule has 0 amide bonds. The summed E-state index contributed by atoms with van der Waals surface area (Å²) in [4.78, 5) is 4.69. The smallest absolute Gasteiger partial charge is 0.332 e. The molecule has 1 heterocycles. The summed E-state index contributed by atoms with van der Waals surface area (Å²) in [5.74, 6) is 0.562. The highest BCUT2D eigenvalue weighted by Crippen LogP contribution is 2.40. The average molecular weight is 491 g/mol. The zero-order valence-electron chi connectivity index (χ0n) is 21.8. The van der Waals surface area contributed by atoms with E-state index in [-0.39, 0.29) is 0 Å². The lowest BCUT2D eigenvalue weighted by atomic mass is 9.76. The first-order chi connectivity index (χ1) is 17.7. The van der Waals surface area contributed by atoms with Crippen LogP contribution in [0.5, 0.6) is 0 Å². The van der Waals surface area contributed by atoms with Crippen LogP contribution in [0.1, 0.15) is 49.9 Å². The van der Waals surface area contributed by atoms with Gasteiger partial charge in [0.1, 0.15) is 17.0 Å². The van der Waals surface area contributed by atoms with Crippen LogP contribution in [0, 0.1) is 5.41 Å². The van der Waals surface area contributed by atoms with E-state index in [1.165, 1.54) is 6.21 Å². The van der Waals surface area contributed by atoms with Crippen LogP contribution in [0.25, 0.3) is 0 Å². The van der Waals surface area contributed by atoms with Crippen molar-refractivity contribution >= 4 is 25.0 Å². The fourth-order valence-electron chi connectivity index (χ4n) is 4.16. The van der Waals surface area contributed by atoms with Crippen LogP contribution < -0.4 is 10.8 Å². The van der Waals surface area contributed by atoms with Crippen molar-refractivity contribution in [1.82, 2.24) is 4.98 Å². The van der Waals surface area contributed by atoms with E-state index < -0.39 is 16.7 Å². The van der Waals surface area contributed by atoms with E-state index in [9.17, 15) is 0 Å². The van der Waals surface area contributed by atoms with Gasteiger partial charge < -0.3 is 20.5 Å². The molecular formula is C31H34BN3O2+. The van der Waals surface area contributed by atoms with Gasteiger partial charge in [0, 0.05) is 31.8 Å². The standard InChI is InChI=1S/C31H33BN3O2/c1-29(2,36)30(3,4)37-32-27-20-21-34-28(26(27)22-33)35-31(23-14-8-5-9-15-23,24-16-10-6-11-17-24)25-18-12-7-13-19-25/h5-22,33,36H,1-4H3,(H,34,35)/p+1. The molecule has 0 saturated heterocycles. The summed E-state index contributed by atoms with van der Waals surface area (Å²) >= 11 is 0. The van der Waals surface area contributed by atoms with Crippen LogP contribution in [-0.4, -0.2) is 35.0 Å². The average Bonchev–Trinajstić information content (AvgIpc) is 2.91. The molecule has 4 aromatic rings. The first kappa shape index (κ1) is 26.3. The van der Waals surface area contributed by atoms with Gasteiger partial charge in [0.25, 0.3) is 0 Å². The molecule has 0 aliphatic carbocycles. The molecule has 0 spiro atoms. The Morgan fingerprint density at radius 3 is 1.65 bits per heavy atom. The van der Waals surface area contributed by atoms with E-state index in [0.29, 0.717) is 16.8 Å². The van der Waals surface area contributed by atoms with E-state index in [4.69, 9.17) is 15.2 Å². The SMILES string of the molecule is CC(C)([OH2+])C(C)(C)O[B]c1ccnc(NC(c2ccccc2)(c2ccccc2)c2ccccc2)c1C=N. The van der Waals surface area contributed by atoms with Gasteiger partial charge in [0.05, 0.1) is 0 Å². The maximum absolute atomic E-state index is 8.43. The van der Waals surface area contributed by atoms with Crippen molar-refractivity contribution in [2.24, 2.45) is 0 Å². The van der Waals surface area contributed by atoms with Gasteiger partial charge in [0.2, 0.25) is 0 Å². The fourth-order valence-corrected chi connectivity index (χ4v) is 4.16. The number of pyridine rings is 1. The molecule has 1 radical (unpaired) electrons. The maximum Gasteiger partial charge on any atom is 0.332 e. The lowest BCUT2D eigenvalue weighted by Gasteiger charge is -2.38. The summed E-state index contributed by atoms with van der Waals surface area (Å²) in [6, 6.07) is 32.7. The molecule has 0 atom stereocenters. The minimum Gasteiger partial charge on any atom is -0.439 e. The van der Waals surface area contributed by atoms with Crippen molar-refractivity contribution in [3.63, 3.8) is 0 Å². The Balaban J connectivity index is 1.87. The highest BCUT2D eigenvalue weighted by atomic mass is 16.5. The van der Waals surface area contributed by atoms with Crippen molar-refractivity contribution in [3.05, 3.63) is 126 Å². The van der Waals surface area contributed by atoms with Crippen molar-refractivity contribution < 1.29 is 9.76 Å². The van der Waals surface area contributed by atoms with Crippen molar-refractivity contribution in [2.75, 3.05) is 5.32 Å². The van der Waals surface area contributed by atoms with Crippen molar-refractivity contribution in [2.45, 2.75) is 44.4 Å². The van der Waals surface area contributed by atoms with E-state index in [0.717, 1.165) is 16.7 Å². The molecule has 0 saturated carbocycles. The van der Waals surface area contributed by atoms with E-state index in [2.05, 4.69) is 46.7 Å². The van der Waals surface area contributed by atoms with Crippen LogP contribution in [0.4, 0.5) is 5.82 Å². The molecular weight excluding hydrogens is 457 g/mol. The zero-order valence-corrected chi connectivity index (χ0v) is 21.8. The third-order valence-electron chi connectivity index (χ3n) is 7.08. The number of aromatic nitrogens is 1. The van der Waals surface area contributed by atoms with E-state index in [1.54, 1.807) is 13.7 Å². The molecule has 0 bridgehead atoms. The van der Waals surface area contributed by atoms with Crippen molar-refractivity contribution in [1.29, 1.82) is 5.41 Å². The van der Waals surface area contributed by atoms with Gasteiger partial charge in [-0.3, -0.25) is 0 Å². The maximum atomic E-state index is 8.43. The molecule has 187 valence electrons. The Labute approximate surface area is 220 Å². The summed E-state index contributed by atoms with van der Waals surface area (Å²) in [7, 11) is 1.64. The molecule has 37 heavy (non-hydrogen) atoms. The van der Waals surface area contributed by atoms with Gasteiger partial charge in [-0.2, -0.15) is 0 Å². The molecule has 0 fully saturated rings. The number of nitrogens with one attached hydrogen (secondary N) is 2. The van der Waals surface area contributed by atoms with Crippen LogP contribution in [0.2, 0.25) is 0 Å². The summed E-state index contributed by atoms with van der Waals surface area (Å²) in [6.07, 6.45) is 3.02. The van der Waals surface area contributed by atoms with E-state index in [1.807, 2.05) is 88.4 Å². The Morgan fingerprint density at radius 1 is 0.784 bits per heavy atom. The minimum atomic E-state index is -0.814. The molecule has 4 N–H and O–H groups in total. The summed E-state index contributed by atoms with van der Waals surface area (Å²) in [5, 5.41) is 20.5. The minimum absolute atomic E-state index is 0.562. The summed E-state index contributed by atoms with van der Waals surface area (Å²) < 4.78 is 6.09. The molecule has 4 rings (SSSR count). The number of nitrogens with zero attached hydrogens (tertiary/aromatic N) is 1. The second kappa shape index (κ2) is 10.7. The number of hydrogen-bond donors (Lipinski definition) is 2. The monoisotopic (exact) mass is 491 g/mol. The number of benzene rings is 3. The second-order valence-electron chi connectivity index (χ2n) is 10.2. The molecule has 5 nitrogen and oxygen atoms in total. The number of anilines is 1. The topological polar surface area (TPSA) is 80.9 Å². The van der Waals surface area contributed by atoms with Crippen molar-refractivity contribution in [3.8, 4) is 0 Å². The lowest BCUT2D eigenvalue weighted by molar-refractivity contribution is -0.0893. The number of rotatable bonds is 10. The Kier molecular flexibility index (Phi) is 7.62. The largest absolute Gasteiger partial charge is 0.439 e. The molecule has 6 heteroatoms. The quantitative estimate of drug-likeness (QED) is 0.141. The zero-order chi connectivity index (χ0) is 26.5. The van der Waals surface area contributed by atoms with Gasteiger partial charge >= 0.3 is 7.48 Å². The Bertz CT molecular complexity index is 1220. The highest BCUT2D eigenvalue weighted by molar-refractivity contribution is 6.49. The van der Waals surface area contributed by atoms with Crippen LogP contribution >= 0.6 is 0 Å². The molecule has 3 aromatic carbocycles. The highest BCUT2D eigenvalue weighted by Gasteiger charge is 2.41. The molecule has 0 unspecified atom stereocenters. The van der Waals surface area contributed by atoms with Gasteiger partial charge in [-0.15, -0.1) is 0 Å². The van der Waals surface area contributed by atoms with Gasteiger partial charge in [0.15, 0.2) is 5.60 Å². The van der Waals surface area contributed by atoms with Crippen LogP contribution in [0.3, 0.4) is 0 Å². The molecule has 1 aromatic heterocycles. The van der Waals surface area contributed by atoms with Gasteiger partial charge in [-0.1, -0.05) is 91.0 Å². The Hall–Kier alpha value is -3.74. The summed E-state index contributed by atoms with van der Waals surface area (Å²) in [6.45, 7) is 7.44. The Morgan fingerprint density at radius 2 is 1.24 bits per heavy atom. The van der Waals surface area contributed by atoms with Gasteiger partial charge in [-0.25, -0.2) is 4.98 Å². The molecule has 0 aliphatic rings. The van der Waals surface area contributed by atoms with Gasteiger partial charge in [-0.05, 0) is 42.1 Å². The van der Waals surface area contributed by atoms with E-state index >= 15 is 0 Å². The normalized spacial score (nSPS) is 12.1. The van der Waals surface area contributed by atoms with Crippen LogP contribution in [-0.2, 0) is 10.2 Å². The predicted octanol–water partition coefficient (Wildman–Crippen LogP) is 5.03. The predicted molar refractivity (Wildman–Crippen MR) is 153 cm³/mol. The van der Waals surface area contributed by atoms with Crippen LogP contribution in [0.15, 0.2) is 103 Å². The third kappa shape index (κ3) is 5.36. The molecule has 0 aliphatic heterocycles. The first-order valence-electron chi connectivity index (χ1n) is 12.4. The third-order valence-corrected chi connectivity index (χ3v) is 7.08.